The molecule has 0 heterocycles. The molecule has 0 aliphatic rings. The fraction of sp³-hybridized carbons (Fsp3) is 0.333. The molecule has 0 fully saturated rings. The highest BCUT2D eigenvalue weighted by atomic mass is 35.9. The first-order chi connectivity index (χ1) is 6.43. The van der Waals surface area contributed by atoms with Crippen molar-refractivity contribution in [3.8, 4) is 0 Å². The van der Waals surface area contributed by atoms with Crippen LogP contribution in [0.5, 0.6) is 0 Å². The van der Waals surface area contributed by atoms with Crippen molar-refractivity contribution in [3.63, 3.8) is 0 Å². The minimum Gasteiger partial charge on any atom is -0.271 e. The Hall–Kier alpha value is -0.0100. The topological polar surface area (TPSA) is 20.3 Å². The minimum absolute atomic E-state index is 0.0583. The Morgan fingerprint density at radius 2 is 1.79 bits per heavy atom. The van der Waals surface area contributed by atoms with E-state index in [1.807, 2.05) is 37.3 Å². The van der Waals surface area contributed by atoms with Crippen LogP contribution in [-0.4, -0.2) is 11.7 Å². The van der Waals surface area contributed by atoms with Gasteiger partial charge in [0.15, 0.2) is 0 Å². The fourth-order valence-electron chi connectivity index (χ4n) is 1.15. The summed E-state index contributed by atoms with van der Waals surface area (Å²) in [6, 6.07) is 9.61. The first-order valence-electron chi connectivity index (χ1n) is 4.20. The van der Waals surface area contributed by atoms with E-state index < -0.39 is 6.00 Å². The van der Waals surface area contributed by atoms with Gasteiger partial charge in [-0.05, 0) is 42.0 Å². The molecule has 0 amide bonds. The molecule has 0 aromatic heterocycles. The van der Waals surface area contributed by atoms with Crippen LogP contribution in [0.4, 0.5) is 0 Å². The highest BCUT2D eigenvalue weighted by Gasteiger charge is 2.26. The maximum absolute atomic E-state index is 11.4. The predicted molar refractivity (Wildman–Crippen MR) is 61.9 cm³/mol. The SMILES string of the molecule is C[C@H](c1ccccc1)N(C)P(=O)(Cl)Cl. The van der Waals surface area contributed by atoms with E-state index in [1.165, 1.54) is 4.67 Å². The quantitative estimate of drug-likeness (QED) is 0.749. The van der Waals surface area contributed by atoms with Crippen molar-refractivity contribution >= 4 is 28.5 Å². The number of rotatable bonds is 3. The van der Waals surface area contributed by atoms with E-state index in [0.29, 0.717) is 0 Å². The van der Waals surface area contributed by atoms with Crippen LogP contribution < -0.4 is 0 Å². The minimum atomic E-state index is -3.20. The Kier molecular flexibility index (Phi) is 4.03. The summed E-state index contributed by atoms with van der Waals surface area (Å²) < 4.78 is 12.9. The molecule has 0 bridgehead atoms. The molecule has 5 heteroatoms. The summed E-state index contributed by atoms with van der Waals surface area (Å²) in [5, 5.41) is 0. The highest BCUT2D eigenvalue weighted by Crippen LogP contribution is 2.61. The molecule has 0 unspecified atom stereocenters. The van der Waals surface area contributed by atoms with Gasteiger partial charge in [0.05, 0.1) is 0 Å². The highest BCUT2D eigenvalue weighted by molar-refractivity contribution is 8.06. The first-order valence-corrected chi connectivity index (χ1v) is 7.67. The summed E-state index contributed by atoms with van der Waals surface area (Å²) in [5.41, 5.74) is 1.04. The van der Waals surface area contributed by atoms with Gasteiger partial charge in [0.2, 0.25) is 0 Å². The molecule has 0 spiro atoms. The Balaban J connectivity index is 2.87. The predicted octanol–water partition coefficient (Wildman–Crippen LogP) is 4.27. The molecule has 1 aromatic rings. The lowest BCUT2D eigenvalue weighted by Crippen LogP contribution is -2.15. The third kappa shape index (κ3) is 2.99. The van der Waals surface area contributed by atoms with Gasteiger partial charge in [0.1, 0.15) is 0 Å². The average Bonchev–Trinajstić information content (AvgIpc) is 2.15. The lowest BCUT2D eigenvalue weighted by Gasteiger charge is -2.25. The van der Waals surface area contributed by atoms with Crippen LogP contribution in [0.25, 0.3) is 0 Å². The van der Waals surface area contributed by atoms with E-state index in [-0.39, 0.29) is 6.04 Å². The number of hydrogen-bond donors (Lipinski definition) is 0. The summed E-state index contributed by atoms with van der Waals surface area (Å²) in [5.74, 6) is -3.20. The monoisotopic (exact) mass is 251 g/mol. The molecule has 0 aliphatic carbocycles. The van der Waals surface area contributed by atoms with Gasteiger partial charge in [-0.2, -0.15) is 0 Å². The molecular weight excluding hydrogens is 240 g/mol. The van der Waals surface area contributed by atoms with E-state index in [4.69, 9.17) is 22.5 Å². The zero-order chi connectivity index (χ0) is 10.8. The lowest BCUT2D eigenvalue weighted by atomic mass is 10.1. The van der Waals surface area contributed by atoms with Crippen LogP contribution in [0.3, 0.4) is 0 Å². The van der Waals surface area contributed by atoms with Crippen molar-refractivity contribution in [2.75, 3.05) is 7.05 Å². The molecule has 78 valence electrons. The molecule has 2 nitrogen and oxygen atoms in total. The van der Waals surface area contributed by atoms with Gasteiger partial charge in [-0.3, -0.25) is 4.57 Å². The van der Waals surface area contributed by atoms with Gasteiger partial charge >= 0.3 is 6.00 Å². The second-order valence-electron chi connectivity index (χ2n) is 3.10. The maximum atomic E-state index is 11.4. The summed E-state index contributed by atoms with van der Waals surface area (Å²) >= 11 is 11.2. The third-order valence-corrected chi connectivity index (χ3v) is 4.72. The molecule has 0 saturated carbocycles. The van der Waals surface area contributed by atoms with Crippen molar-refractivity contribution in [2.24, 2.45) is 0 Å². The van der Waals surface area contributed by atoms with Gasteiger partial charge in [0.25, 0.3) is 0 Å². The van der Waals surface area contributed by atoms with E-state index in [9.17, 15) is 4.57 Å². The Morgan fingerprint density at radius 1 is 1.29 bits per heavy atom. The second-order valence-corrected chi connectivity index (χ2v) is 7.86. The van der Waals surface area contributed by atoms with E-state index in [0.717, 1.165) is 5.56 Å². The van der Waals surface area contributed by atoms with E-state index in [1.54, 1.807) is 7.05 Å². The maximum Gasteiger partial charge on any atom is 0.322 e. The molecule has 0 radical (unpaired) electrons. The number of nitrogens with zero attached hydrogens (tertiary/aromatic N) is 1. The summed E-state index contributed by atoms with van der Waals surface area (Å²) in [7, 11) is 1.65. The number of hydrogen-bond acceptors (Lipinski definition) is 1. The van der Waals surface area contributed by atoms with Crippen LogP contribution in [0.2, 0.25) is 0 Å². The molecule has 14 heavy (non-hydrogen) atoms. The normalized spacial score (nSPS) is 14.4. The summed E-state index contributed by atoms with van der Waals surface area (Å²) in [4.78, 5) is 0. The van der Waals surface area contributed by atoms with Crippen molar-refractivity contribution in [3.05, 3.63) is 35.9 Å². The zero-order valence-corrected chi connectivity index (χ0v) is 10.4. The van der Waals surface area contributed by atoms with Crippen LogP contribution in [0.15, 0.2) is 30.3 Å². The van der Waals surface area contributed by atoms with Gasteiger partial charge in [0, 0.05) is 6.04 Å². The Morgan fingerprint density at radius 3 is 2.21 bits per heavy atom. The van der Waals surface area contributed by atoms with Crippen LogP contribution in [0.1, 0.15) is 18.5 Å². The van der Waals surface area contributed by atoms with Crippen molar-refractivity contribution in [1.29, 1.82) is 0 Å². The molecular formula is C9H12Cl2NOP. The largest absolute Gasteiger partial charge is 0.322 e. The van der Waals surface area contributed by atoms with Gasteiger partial charge in [-0.15, -0.1) is 0 Å². The molecule has 0 N–H and O–H groups in total. The Bertz CT molecular complexity index is 338. The summed E-state index contributed by atoms with van der Waals surface area (Å²) in [6.45, 7) is 1.91. The molecule has 1 atom stereocenters. The van der Waals surface area contributed by atoms with Gasteiger partial charge in [-0.25, -0.2) is 4.67 Å². The van der Waals surface area contributed by atoms with Gasteiger partial charge < -0.3 is 0 Å². The molecule has 1 rings (SSSR count). The van der Waals surface area contributed by atoms with Crippen LogP contribution in [-0.2, 0) is 4.57 Å². The van der Waals surface area contributed by atoms with Crippen LogP contribution in [0, 0.1) is 0 Å². The van der Waals surface area contributed by atoms with Gasteiger partial charge in [-0.1, -0.05) is 30.3 Å². The molecule has 1 aromatic carbocycles. The molecule has 0 saturated heterocycles. The first kappa shape index (κ1) is 12.1. The Labute approximate surface area is 93.8 Å². The van der Waals surface area contributed by atoms with Crippen molar-refractivity contribution in [2.45, 2.75) is 13.0 Å². The summed E-state index contributed by atoms with van der Waals surface area (Å²) in [6.07, 6.45) is 0. The smallest absolute Gasteiger partial charge is 0.271 e. The van der Waals surface area contributed by atoms with Crippen molar-refractivity contribution < 1.29 is 4.57 Å². The third-order valence-electron chi connectivity index (χ3n) is 2.21. The lowest BCUT2D eigenvalue weighted by molar-refractivity contribution is 0.414. The standard InChI is InChI=1S/C9H12Cl2NOP/c1-8(12(2)14(10,11)13)9-6-4-3-5-7-9/h3-8H,1-2H3/t8-/m1/s1. The molecule has 0 aliphatic heterocycles. The van der Waals surface area contributed by atoms with Crippen LogP contribution >= 0.6 is 28.5 Å². The number of halogens is 2. The van der Waals surface area contributed by atoms with E-state index in [2.05, 4.69) is 0 Å². The average molecular weight is 252 g/mol. The zero-order valence-electron chi connectivity index (χ0n) is 8.02. The van der Waals surface area contributed by atoms with E-state index >= 15 is 0 Å². The van der Waals surface area contributed by atoms with Crippen molar-refractivity contribution in [1.82, 2.24) is 4.67 Å². The fourth-order valence-corrected chi connectivity index (χ4v) is 2.47. The second kappa shape index (κ2) is 4.67. The number of benzene rings is 1.